The standard InChI is InChI=1S/C10H15ClN2O/c1-3-14-7-8(2)13-10-4-5-12-6-9(10)11/h4-6,8H,3,7H2,1-2H3,(H,12,13). The molecule has 14 heavy (non-hydrogen) atoms. The second-order valence-corrected chi connectivity index (χ2v) is 3.47. The zero-order chi connectivity index (χ0) is 10.4. The third-order valence-corrected chi connectivity index (χ3v) is 2.05. The van der Waals surface area contributed by atoms with E-state index in [2.05, 4.69) is 10.3 Å². The molecule has 1 rings (SSSR count). The van der Waals surface area contributed by atoms with Crippen molar-refractivity contribution < 1.29 is 4.74 Å². The number of aromatic nitrogens is 1. The number of ether oxygens (including phenoxy) is 1. The molecule has 1 unspecified atom stereocenters. The quantitative estimate of drug-likeness (QED) is 0.818. The maximum Gasteiger partial charge on any atom is 0.0820 e. The lowest BCUT2D eigenvalue weighted by atomic mass is 10.3. The molecule has 3 nitrogen and oxygen atoms in total. The molecule has 0 aliphatic rings. The van der Waals surface area contributed by atoms with Crippen molar-refractivity contribution in [1.82, 2.24) is 4.98 Å². The Morgan fingerprint density at radius 2 is 2.43 bits per heavy atom. The Morgan fingerprint density at radius 3 is 3.07 bits per heavy atom. The first-order valence-corrected chi connectivity index (χ1v) is 5.05. The van der Waals surface area contributed by atoms with E-state index in [-0.39, 0.29) is 6.04 Å². The smallest absolute Gasteiger partial charge is 0.0820 e. The molecule has 0 bridgehead atoms. The van der Waals surface area contributed by atoms with Crippen LogP contribution in [-0.4, -0.2) is 24.2 Å². The van der Waals surface area contributed by atoms with Gasteiger partial charge in [-0.1, -0.05) is 11.6 Å². The van der Waals surface area contributed by atoms with Gasteiger partial charge in [0, 0.05) is 25.0 Å². The topological polar surface area (TPSA) is 34.1 Å². The Kier molecular flexibility index (Phi) is 4.70. The minimum atomic E-state index is 0.245. The van der Waals surface area contributed by atoms with Gasteiger partial charge in [-0.05, 0) is 19.9 Å². The monoisotopic (exact) mass is 214 g/mol. The summed E-state index contributed by atoms with van der Waals surface area (Å²) in [6, 6.07) is 2.10. The number of nitrogens with one attached hydrogen (secondary N) is 1. The van der Waals surface area contributed by atoms with Crippen LogP contribution in [0, 0.1) is 0 Å². The van der Waals surface area contributed by atoms with E-state index in [0.717, 1.165) is 12.3 Å². The van der Waals surface area contributed by atoms with Crippen molar-refractivity contribution in [3.05, 3.63) is 23.5 Å². The molecule has 0 amide bonds. The van der Waals surface area contributed by atoms with Crippen LogP contribution in [0.15, 0.2) is 18.5 Å². The summed E-state index contributed by atoms with van der Waals surface area (Å²) in [6.07, 6.45) is 3.33. The number of nitrogens with zero attached hydrogens (tertiary/aromatic N) is 1. The zero-order valence-electron chi connectivity index (χ0n) is 8.46. The highest BCUT2D eigenvalue weighted by Crippen LogP contribution is 2.19. The maximum atomic E-state index is 5.94. The van der Waals surface area contributed by atoms with Gasteiger partial charge in [-0.25, -0.2) is 0 Å². The van der Waals surface area contributed by atoms with Gasteiger partial charge in [0.05, 0.1) is 17.3 Å². The van der Waals surface area contributed by atoms with Crippen molar-refractivity contribution in [2.45, 2.75) is 19.9 Å². The highest BCUT2D eigenvalue weighted by atomic mass is 35.5. The summed E-state index contributed by atoms with van der Waals surface area (Å²) in [7, 11) is 0. The van der Waals surface area contributed by atoms with E-state index in [1.54, 1.807) is 12.4 Å². The summed E-state index contributed by atoms with van der Waals surface area (Å²) < 4.78 is 5.29. The van der Waals surface area contributed by atoms with Crippen LogP contribution in [0.2, 0.25) is 5.02 Å². The van der Waals surface area contributed by atoms with Crippen LogP contribution in [-0.2, 0) is 4.74 Å². The Balaban J connectivity index is 2.47. The number of rotatable bonds is 5. The second-order valence-electron chi connectivity index (χ2n) is 3.06. The summed E-state index contributed by atoms with van der Waals surface area (Å²) >= 11 is 5.94. The predicted molar refractivity (Wildman–Crippen MR) is 58.8 cm³/mol. The molecule has 0 aliphatic carbocycles. The zero-order valence-corrected chi connectivity index (χ0v) is 9.21. The number of pyridine rings is 1. The van der Waals surface area contributed by atoms with Crippen molar-refractivity contribution in [3.63, 3.8) is 0 Å². The molecule has 0 aromatic carbocycles. The van der Waals surface area contributed by atoms with Gasteiger partial charge in [-0.2, -0.15) is 0 Å². The van der Waals surface area contributed by atoms with E-state index in [9.17, 15) is 0 Å². The largest absolute Gasteiger partial charge is 0.380 e. The van der Waals surface area contributed by atoms with Crippen LogP contribution in [0.1, 0.15) is 13.8 Å². The van der Waals surface area contributed by atoms with E-state index in [1.165, 1.54) is 0 Å². The van der Waals surface area contributed by atoms with Gasteiger partial charge < -0.3 is 10.1 Å². The summed E-state index contributed by atoms with van der Waals surface area (Å²) in [4.78, 5) is 3.91. The van der Waals surface area contributed by atoms with Gasteiger partial charge in [0.25, 0.3) is 0 Å². The van der Waals surface area contributed by atoms with Gasteiger partial charge in [-0.15, -0.1) is 0 Å². The number of anilines is 1. The third kappa shape index (κ3) is 3.52. The molecular weight excluding hydrogens is 200 g/mol. The molecule has 0 saturated carbocycles. The Bertz CT molecular complexity index is 281. The summed E-state index contributed by atoms with van der Waals surface area (Å²) in [5.74, 6) is 0. The van der Waals surface area contributed by atoms with Gasteiger partial charge in [-0.3, -0.25) is 4.98 Å². The minimum absolute atomic E-state index is 0.245. The summed E-state index contributed by atoms with van der Waals surface area (Å²) in [5.41, 5.74) is 0.897. The molecule has 1 N–H and O–H groups in total. The van der Waals surface area contributed by atoms with Crippen LogP contribution in [0.4, 0.5) is 5.69 Å². The van der Waals surface area contributed by atoms with Gasteiger partial charge >= 0.3 is 0 Å². The highest BCUT2D eigenvalue weighted by molar-refractivity contribution is 6.33. The van der Waals surface area contributed by atoms with Gasteiger partial charge in [0.15, 0.2) is 0 Å². The number of hydrogen-bond donors (Lipinski definition) is 1. The molecule has 0 radical (unpaired) electrons. The first-order valence-electron chi connectivity index (χ1n) is 4.67. The molecule has 1 aromatic rings. The predicted octanol–water partition coefficient (Wildman–Crippen LogP) is 2.57. The van der Waals surface area contributed by atoms with Crippen molar-refractivity contribution in [3.8, 4) is 0 Å². The minimum Gasteiger partial charge on any atom is -0.380 e. The molecule has 1 heterocycles. The van der Waals surface area contributed by atoms with Crippen LogP contribution in [0.25, 0.3) is 0 Å². The lowest BCUT2D eigenvalue weighted by molar-refractivity contribution is 0.141. The normalized spacial score (nSPS) is 12.5. The molecule has 0 aliphatic heterocycles. The first kappa shape index (κ1) is 11.3. The van der Waals surface area contributed by atoms with Crippen LogP contribution in [0.3, 0.4) is 0 Å². The van der Waals surface area contributed by atoms with E-state index >= 15 is 0 Å². The molecule has 1 aromatic heterocycles. The van der Waals surface area contributed by atoms with Gasteiger partial charge in [0.1, 0.15) is 0 Å². The highest BCUT2D eigenvalue weighted by Gasteiger charge is 2.04. The lowest BCUT2D eigenvalue weighted by Gasteiger charge is -2.15. The van der Waals surface area contributed by atoms with Crippen molar-refractivity contribution in [2.75, 3.05) is 18.5 Å². The Labute approximate surface area is 89.4 Å². The van der Waals surface area contributed by atoms with Crippen LogP contribution < -0.4 is 5.32 Å². The van der Waals surface area contributed by atoms with Crippen LogP contribution in [0.5, 0.6) is 0 Å². The van der Waals surface area contributed by atoms with E-state index in [0.29, 0.717) is 11.6 Å². The fraction of sp³-hybridized carbons (Fsp3) is 0.500. The molecule has 0 spiro atoms. The van der Waals surface area contributed by atoms with Crippen molar-refractivity contribution in [2.24, 2.45) is 0 Å². The maximum absolute atomic E-state index is 5.94. The van der Waals surface area contributed by atoms with Crippen molar-refractivity contribution >= 4 is 17.3 Å². The Morgan fingerprint density at radius 1 is 1.64 bits per heavy atom. The second kappa shape index (κ2) is 5.83. The fourth-order valence-corrected chi connectivity index (χ4v) is 1.27. The Hall–Kier alpha value is -0.800. The fourth-order valence-electron chi connectivity index (χ4n) is 1.09. The third-order valence-electron chi connectivity index (χ3n) is 1.75. The SMILES string of the molecule is CCOCC(C)Nc1ccncc1Cl. The number of hydrogen-bond acceptors (Lipinski definition) is 3. The average Bonchev–Trinajstić information content (AvgIpc) is 2.18. The molecule has 4 heteroatoms. The van der Waals surface area contributed by atoms with E-state index in [1.807, 2.05) is 19.9 Å². The molecule has 1 atom stereocenters. The average molecular weight is 215 g/mol. The van der Waals surface area contributed by atoms with E-state index in [4.69, 9.17) is 16.3 Å². The molecular formula is C10H15ClN2O. The molecule has 0 fully saturated rings. The van der Waals surface area contributed by atoms with Crippen molar-refractivity contribution in [1.29, 1.82) is 0 Å². The first-order chi connectivity index (χ1) is 6.74. The summed E-state index contributed by atoms with van der Waals surface area (Å²) in [5, 5.41) is 3.88. The summed E-state index contributed by atoms with van der Waals surface area (Å²) in [6.45, 7) is 5.43. The number of halogens is 1. The van der Waals surface area contributed by atoms with Crippen LogP contribution >= 0.6 is 11.6 Å². The van der Waals surface area contributed by atoms with Gasteiger partial charge in [0.2, 0.25) is 0 Å². The molecule has 78 valence electrons. The lowest BCUT2D eigenvalue weighted by Crippen LogP contribution is -2.21. The molecule has 0 saturated heterocycles. The van der Waals surface area contributed by atoms with E-state index < -0.39 is 0 Å².